The molecule has 5 heteroatoms. The van der Waals surface area contributed by atoms with Crippen molar-refractivity contribution in [1.29, 1.82) is 0 Å². The zero-order valence-corrected chi connectivity index (χ0v) is 12.9. The quantitative estimate of drug-likeness (QED) is 0.873. The first-order chi connectivity index (χ1) is 8.84. The Morgan fingerprint density at radius 3 is 2.05 bits per heavy atom. The van der Waals surface area contributed by atoms with Crippen LogP contribution in [0.2, 0.25) is 0 Å². The van der Waals surface area contributed by atoms with Crippen molar-refractivity contribution < 1.29 is 8.42 Å². The average molecular weight is 284 g/mol. The minimum absolute atomic E-state index is 0.00288. The minimum Gasteiger partial charge on any atom is -0.324 e. The molecule has 108 valence electrons. The van der Waals surface area contributed by atoms with Crippen molar-refractivity contribution in [3.8, 4) is 0 Å². The molecule has 0 radical (unpaired) electrons. The summed E-state index contributed by atoms with van der Waals surface area (Å²) < 4.78 is 26.6. The van der Waals surface area contributed by atoms with Gasteiger partial charge in [0, 0.05) is 18.6 Å². The summed E-state index contributed by atoms with van der Waals surface area (Å²) in [7, 11) is -3.41. The third-order valence-corrected chi connectivity index (χ3v) is 5.51. The zero-order valence-electron chi connectivity index (χ0n) is 12.1. The normalized spacial score (nSPS) is 15.5. The maximum absolute atomic E-state index is 12.5. The average Bonchev–Trinajstić information content (AvgIpc) is 2.39. The number of hydrogen-bond acceptors (Lipinski definition) is 3. The number of rotatable bonds is 6. The predicted molar refractivity (Wildman–Crippen MR) is 78.4 cm³/mol. The van der Waals surface area contributed by atoms with E-state index in [1.807, 2.05) is 27.7 Å². The lowest BCUT2D eigenvalue weighted by Crippen LogP contribution is -2.38. The van der Waals surface area contributed by atoms with Crippen LogP contribution in [0.25, 0.3) is 0 Å². The summed E-state index contributed by atoms with van der Waals surface area (Å²) in [5.74, 6) is 0. The molecule has 2 N–H and O–H groups in total. The van der Waals surface area contributed by atoms with Crippen LogP contribution in [0.15, 0.2) is 29.2 Å². The molecule has 19 heavy (non-hydrogen) atoms. The molecule has 1 rings (SSSR count). The van der Waals surface area contributed by atoms with E-state index in [-0.39, 0.29) is 12.1 Å². The Morgan fingerprint density at radius 2 is 1.68 bits per heavy atom. The summed E-state index contributed by atoms with van der Waals surface area (Å²) >= 11 is 0. The van der Waals surface area contributed by atoms with E-state index in [9.17, 15) is 8.42 Å². The molecule has 0 aliphatic carbocycles. The van der Waals surface area contributed by atoms with Crippen LogP contribution < -0.4 is 5.73 Å². The fourth-order valence-corrected chi connectivity index (χ4v) is 3.71. The first kappa shape index (κ1) is 16.1. The Balaban J connectivity index is 3.12. The molecular formula is C14H24N2O2S. The lowest BCUT2D eigenvalue weighted by atomic mass is 10.1. The summed E-state index contributed by atoms with van der Waals surface area (Å²) in [5, 5.41) is 0. The van der Waals surface area contributed by atoms with Gasteiger partial charge in [-0.05, 0) is 38.0 Å². The fraction of sp³-hybridized carbons (Fsp3) is 0.571. The standard InChI is InChI=1S/C14H24N2O2S/c1-5-11(3)16(6-2)19(17,18)14-9-7-13(8-10-14)12(4)15/h7-12H,5-6,15H2,1-4H3. The van der Waals surface area contributed by atoms with Crippen LogP contribution in [0.3, 0.4) is 0 Å². The first-order valence-corrected chi connectivity index (χ1v) is 8.16. The maximum Gasteiger partial charge on any atom is 0.243 e. The zero-order chi connectivity index (χ0) is 14.6. The largest absolute Gasteiger partial charge is 0.324 e. The summed E-state index contributed by atoms with van der Waals surface area (Å²) in [6.45, 7) is 8.13. The molecule has 0 saturated heterocycles. The van der Waals surface area contributed by atoms with Gasteiger partial charge < -0.3 is 5.73 Å². The molecule has 2 unspecified atom stereocenters. The van der Waals surface area contributed by atoms with E-state index in [0.717, 1.165) is 12.0 Å². The number of nitrogens with zero attached hydrogens (tertiary/aromatic N) is 1. The van der Waals surface area contributed by atoms with Crippen LogP contribution in [0.5, 0.6) is 0 Å². The third-order valence-electron chi connectivity index (χ3n) is 3.41. The summed E-state index contributed by atoms with van der Waals surface area (Å²) in [6, 6.07) is 6.75. The Morgan fingerprint density at radius 1 is 1.16 bits per heavy atom. The van der Waals surface area contributed by atoms with Gasteiger partial charge in [-0.25, -0.2) is 8.42 Å². The third kappa shape index (κ3) is 3.55. The van der Waals surface area contributed by atoms with Gasteiger partial charge in [-0.1, -0.05) is 26.0 Å². The molecule has 0 aliphatic heterocycles. The molecule has 0 saturated carbocycles. The highest BCUT2D eigenvalue weighted by molar-refractivity contribution is 7.89. The number of hydrogen-bond donors (Lipinski definition) is 1. The molecule has 0 aromatic heterocycles. The van der Waals surface area contributed by atoms with Crippen molar-refractivity contribution in [3.05, 3.63) is 29.8 Å². The van der Waals surface area contributed by atoms with Crippen LogP contribution in [0.4, 0.5) is 0 Å². The molecule has 0 fully saturated rings. The lowest BCUT2D eigenvalue weighted by molar-refractivity contribution is 0.342. The molecule has 0 bridgehead atoms. The van der Waals surface area contributed by atoms with Gasteiger partial charge >= 0.3 is 0 Å². The summed E-state index contributed by atoms with van der Waals surface area (Å²) in [4.78, 5) is 0.332. The van der Waals surface area contributed by atoms with Gasteiger partial charge in [0.1, 0.15) is 0 Å². The van der Waals surface area contributed by atoms with Crippen molar-refractivity contribution in [3.63, 3.8) is 0 Å². The van der Waals surface area contributed by atoms with Crippen molar-refractivity contribution >= 4 is 10.0 Å². The van der Waals surface area contributed by atoms with Gasteiger partial charge in [-0.2, -0.15) is 4.31 Å². The highest BCUT2D eigenvalue weighted by atomic mass is 32.2. The number of nitrogens with two attached hydrogens (primary N) is 1. The van der Waals surface area contributed by atoms with Crippen LogP contribution in [0, 0.1) is 0 Å². The Labute approximate surface area is 116 Å². The van der Waals surface area contributed by atoms with Crippen molar-refractivity contribution in [2.45, 2.75) is 51.1 Å². The van der Waals surface area contributed by atoms with E-state index >= 15 is 0 Å². The van der Waals surface area contributed by atoms with Gasteiger partial charge in [-0.15, -0.1) is 0 Å². The van der Waals surface area contributed by atoms with Gasteiger partial charge in [0.25, 0.3) is 0 Å². The maximum atomic E-state index is 12.5. The van der Waals surface area contributed by atoms with E-state index in [4.69, 9.17) is 5.73 Å². The molecule has 0 amide bonds. The Bertz CT molecular complexity index is 495. The van der Waals surface area contributed by atoms with Gasteiger partial charge in [-0.3, -0.25) is 0 Å². The van der Waals surface area contributed by atoms with Crippen molar-refractivity contribution in [2.75, 3.05) is 6.54 Å². The van der Waals surface area contributed by atoms with Crippen LogP contribution in [0.1, 0.15) is 45.7 Å². The summed E-state index contributed by atoms with van der Waals surface area (Å²) in [5.41, 5.74) is 6.70. The minimum atomic E-state index is -3.41. The molecule has 2 atom stereocenters. The summed E-state index contributed by atoms with van der Waals surface area (Å²) in [6.07, 6.45) is 0.797. The lowest BCUT2D eigenvalue weighted by Gasteiger charge is -2.26. The van der Waals surface area contributed by atoms with E-state index in [0.29, 0.717) is 11.4 Å². The fourth-order valence-electron chi connectivity index (χ4n) is 2.00. The Hall–Kier alpha value is -0.910. The van der Waals surface area contributed by atoms with Crippen molar-refractivity contribution in [1.82, 2.24) is 4.31 Å². The predicted octanol–water partition coefficient (Wildman–Crippen LogP) is 2.52. The second-order valence-electron chi connectivity index (χ2n) is 4.82. The van der Waals surface area contributed by atoms with E-state index in [1.165, 1.54) is 4.31 Å². The highest BCUT2D eigenvalue weighted by Gasteiger charge is 2.26. The molecule has 0 spiro atoms. The van der Waals surface area contributed by atoms with Crippen LogP contribution in [-0.4, -0.2) is 25.3 Å². The molecule has 1 aromatic rings. The molecule has 0 heterocycles. The van der Waals surface area contributed by atoms with Crippen molar-refractivity contribution in [2.24, 2.45) is 5.73 Å². The van der Waals surface area contributed by atoms with Crippen LogP contribution >= 0.6 is 0 Å². The van der Waals surface area contributed by atoms with Gasteiger partial charge in [0.05, 0.1) is 4.90 Å². The first-order valence-electron chi connectivity index (χ1n) is 6.71. The second kappa shape index (κ2) is 6.50. The molecule has 1 aromatic carbocycles. The topological polar surface area (TPSA) is 63.4 Å². The van der Waals surface area contributed by atoms with Crippen LogP contribution in [-0.2, 0) is 10.0 Å². The number of sulfonamides is 1. The highest BCUT2D eigenvalue weighted by Crippen LogP contribution is 2.21. The molecular weight excluding hydrogens is 260 g/mol. The second-order valence-corrected chi connectivity index (χ2v) is 6.71. The SMILES string of the molecule is CCC(C)N(CC)S(=O)(=O)c1ccc(C(C)N)cc1. The molecule has 4 nitrogen and oxygen atoms in total. The smallest absolute Gasteiger partial charge is 0.243 e. The van der Waals surface area contributed by atoms with E-state index in [1.54, 1.807) is 24.3 Å². The Kier molecular flexibility index (Phi) is 5.52. The number of benzene rings is 1. The van der Waals surface area contributed by atoms with Gasteiger partial charge in [0.15, 0.2) is 0 Å². The van der Waals surface area contributed by atoms with Gasteiger partial charge in [0.2, 0.25) is 10.0 Å². The monoisotopic (exact) mass is 284 g/mol. The molecule has 0 aliphatic rings. The van der Waals surface area contributed by atoms with E-state index < -0.39 is 10.0 Å². The van der Waals surface area contributed by atoms with E-state index in [2.05, 4.69) is 0 Å².